The smallest absolute Gasteiger partial charge is 0.167 e. The van der Waals surface area contributed by atoms with Crippen LogP contribution in [0, 0.1) is 12.7 Å². The molecule has 6 heteroatoms. The molecule has 1 heterocycles. The molecule has 2 rings (SSSR count). The number of hydrogen-bond acceptors (Lipinski definition) is 5. The van der Waals surface area contributed by atoms with Gasteiger partial charge in [0, 0.05) is 18.3 Å². The average Bonchev–Trinajstić information content (AvgIpc) is 2.41. The van der Waals surface area contributed by atoms with Crippen molar-refractivity contribution in [3.05, 3.63) is 41.7 Å². The summed E-state index contributed by atoms with van der Waals surface area (Å²) in [5, 5.41) is 3.12. The van der Waals surface area contributed by atoms with Crippen molar-refractivity contribution in [2.24, 2.45) is 0 Å². The normalized spacial score (nSPS) is 10.3. The van der Waals surface area contributed by atoms with Gasteiger partial charge in [-0.05, 0) is 19.9 Å². The lowest BCUT2D eigenvalue weighted by Crippen LogP contribution is -2.06. The van der Waals surface area contributed by atoms with Crippen LogP contribution in [0.3, 0.4) is 0 Å². The number of nitrogens with two attached hydrogens (primary N) is 1. The number of nitrogens with zero attached hydrogens (tertiary/aromatic N) is 2. The van der Waals surface area contributed by atoms with Crippen LogP contribution in [0.4, 0.5) is 15.8 Å². The van der Waals surface area contributed by atoms with E-state index < -0.39 is 5.82 Å². The van der Waals surface area contributed by atoms with Crippen molar-refractivity contribution in [2.75, 3.05) is 17.7 Å². The van der Waals surface area contributed by atoms with Crippen LogP contribution in [-0.4, -0.2) is 16.6 Å². The number of ether oxygens (including phenoxy) is 1. The van der Waals surface area contributed by atoms with Crippen LogP contribution in [-0.2, 0) is 6.54 Å². The van der Waals surface area contributed by atoms with E-state index in [9.17, 15) is 4.39 Å². The highest BCUT2D eigenvalue weighted by molar-refractivity contribution is 5.68. The van der Waals surface area contributed by atoms with Gasteiger partial charge >= 0.3 is 0 Å². The Bertz CT molecular complexity index is 604. The lowest BCUT2D eigenvalue weighted by atomic mass is 10.2. The fourth-order valence-electron chi connectivity index (χ4n) is 1.78. The van der Waals surface area contributed by atoms with Crippen LogP contribution >= 0.6 is 0 Å². The molecule has 0 unspecified atom stereocenters. The molecule has 0 radical (unpaired) electrons. The SMILES string of the molecule is CCOc1cc(NCc2ccnc(C)n2)c(N)cc1F. The number of rotatable bonds is 5. The van der Waals surface area contributed by atoms with E-state index in [1.165, 1.54) is 6.07 Å². The summed E-state index contributed by atoms with van der Waals surface area (Å²) in [5.41, 5.74) is 7.57. The second-order valence-corrected chi connectivity index (χ2v) is 4.25. The second kappa shape index (κ2) is 6.18. The Hall–Kier alpha value is -2.37. The highest BCUT2D eigenvalue weighted by Crippen LogP contribution is 2.28. The molecule has 3 N–H and O–H groups in total. The van der Waals surface area contributed by atoms with E-state index in [0.717, 1.165) is 5.69 Å². The largest absolute Gasteiger partial charge is 0.491 e. The number of anilines is 2. The molecule has 20 heavy (non-hydrogen) atoms. The summed E-state index contributed by atoms with van der Waals surface area (Å²) in [5.74, 6) is 0.419. The Morgan fingerprint density at radius 2 is 2.20 bits per heavy atom. The molecule has 0 atom stereocenters. The molecule has 0 amide bonds. The molecule has 2 aromatic rings. The van der Waals surface area contributed by atoms with Gasteiger partial charge in [0.05, 0.1) is 30.2 Å². The molecule has 0 fully saturated rings. The number of nitrogens with one attached hydrogen (secondary N) is 1. The van der Waals surface area contributed by atoms with Crippen molar-refractivity contribution in [1.82, 2.24) is 9.97 Å². The molecule has 0 spiro atoms. The molecule has 0 aliphatic rings. The first kappa shape index (κ1) is 14.0. The number of nitrogen functional groups attached to an aromatic ring is 1. The zero-order valence-electron chi connectivity index (χ0n) is 11.5. The Kier molecular flexibility index (Phi) is 4.34. The van der Waals surface area contributed by atoms with Gasteiger partial charge in [-0.2, -0.15) is 0 Å². The zero-order chi connectivity index (χ0) is 14.5. The van der Waals surface area contributed by atoms with Crippen LogP contribution in [0.1, 0.15) is 18.4 Å². The Morgan fingerprint density at radius 1 is 1.40 bits per heavy atom. The first-order valence-corrected chi connectivity index (χ1v) is 6.34. The molecule has 0 aliphatic heterocycles. The van der Waals surface area contributed by atoms with E-state index in [1.54, 1.807) is 19.2 Å². The molecule has 0 saturated carbocycles. The van der Waals surface area contributed by atoms with Crippen molar-refractivity contribution in [1.29, 1.82) is 0 Å². The maximum absolute atomic E-state index is 13.6. The summed E-state index contributed by atoms with van der Waals surface area (Å²) >= 11 is 0. The van der Waals surface area contributed by atoms with Crippen molar-refractivity contribution >= 4 is 11.4 Å². The summed E-state index contributed by atoms with van der Waals surface area (Å²) in [4.78, 5) is 8.30. The molecule has 106 valence electrons. The summed E-state index contributed by atoms with van der Waals surface area (Å²) < 4.78 is 18.8. The highest BCUT2D eigenvalue weighted by atomic mass is 19.1. The Balaban J connectivity index is 2.14. The Morgan fingerprint density at radius 3 is 2.90 bits per heavy atom. The minimum Gasteiger partial charge on any atom is -0.491 e. The lowest BCUT2D eigenvalue weighted by molar-refractivity contribution is 0.322. The van der Waals surface area contributed by atoms with Crippen LogP contribution in [0.15, 0.2) is 24.4 Å². The zero-order valence-corrected chi connectivity index (χ0v) is 11.5. The fourth-order valence-corrected chi connectivity index (χ4v) is 1.78. The van der Waals surface area contributed by atoms with Crippen molar-refractivity contribution in [3.8, 4) is 5.75 Å². The van der Waals surface area contributed by atoms with Gasteiger partial charge in [0.25, 0.3) is 0 Å². The molecule has 0 bridgehead atoms. The minimum atomic E-state index is -0.465. The van der Waals surface area contributed by atoms with E-state index >= 15 is 0 Å². The molecular weight excluding hydrogens is 259 g/mol. The second-order valence-electron chi connectivity index (χ2n) is 4.25. The average molecular weight is 276 g/mol. The third-order valence-electron chi connectivity index (χ3n) is 2.70. The van der Waals surface area contributed by atoms with Gasteiger partial charge in [-0.3, -0.25) is 0 Å². The molecule has 1 aromatic carbocycles. The summed E-state index contributed by atoms with van der Waals surface area (Å²) in [6, 6.07) is 4.62. The van der Waals surface area contributed by atoms with E-state index in [-0.39, 0.29) is 5.75 Å². The van der Waals surface area contributed by atoms with Crippen LogP contribution in [0.25, 0.3) is 0 Å². The number of aryl methyl sites for hydroxylation is 1. The summed E-state index contributed by atoms with van der Waals surface area (Å²) in [6.07, 6.45) is 1.69. The maximum atomic E-state index is 13.6. The topological polar surface area (TPSA) is 73.1 Å². The molecule has 1 aromatic heterocycles. The van der Waals surface area contributed by atoms with E-state index in [2.05, 4.69) is 15.3 Å². The van der Waals surface area contributed by atoms with E-state index in [1.807, 2.05) is 13.0 Å². The highest BCUT2D eigenvalue weighted by Gasteiger charge is 2.09. The van der Waals surface area contributed by atoms with Gasteiger partial charge in [-0.15, -0.1) is 0 Å². The Labute approximate surface area is 117 Å². The van der Waals surface area contributed by atoms with Crippen LogP contribution < -0.4 is 15.8 Å². The quantitative estimate of drug-likeness (QED) is 0.821. The molecular formula is C14H17FN4O. The summed E-state index contributed by atoms with van der Waals surface area (Å²) in [7, 11) is 0. The first-order chi connectivity index (χ1) is 9.60. The van der Waals surface area contributed by atoms with Gasteiger partial charge < -0.3 is 15.8 Å². The summed E-state index contributed by atoms with van der Waals surface area (Å²) in [6.45, 7) is 4.49. The number of hydrogen-bond donors (Lipinski definition) is 2. The van der Waals surface area contributed by atoms with Crippen LogP contribution in [0.5, 0.6) is 5.75 Å². The van der Waals surface area contributed by atoms with Crippen molar-refractivity contribution in [2.45, 2.75) is 20.4 Å². The number of halogens is 1. The number of benzene rings is 1. The van der Waals surface area contributed by atoms with E-state index in [0.29, 0.717) is 30.4 Å². The van der Waals surface area contributed by atoms with Gasteiger partial charge in [-0.25, -0.2) is 14.4 Å². The van der Waals surface area contributed by atoms with Crippen molar-refractivity contribution in [3.63, 3.8) is 0 Å². The third kappa shape index (κ3) is 3.34. The predicted molar refractivity (Wildman–Crippen MR) is 76.1 cm³/mol. The number of aromatic nitrogens is 2. The molecule has 5 nitrogen and oxygen atoms in total. The van der Waals surface area contributed by atoms with Gasteiger partial charge in [0.2, 0.25) is 0 Å². The standard InChI is InChI=1S/C14H17FN4O/c1-3-20-14-7-13(12(16)6-11(14)15)18-8-10-4-5-17-9(2)19-10/h4-7,18H,3,8,16H2,1-2H3. The van der Waals surface area contributed by atoms with Gasteiger partial charge in [0.1, 0.15) is 5.82 Å². The minimum absolute atomic E-state index is 0.183. The van der Waals surface area contributed by atoms with Gasteiger partial charge in [-0.1, -0.05) is 0 Å². The molecule has 0 saturated heterocycles. The van der Waals surface area contributed by atoms with Gasteiger partial charge in [0.15, 0.2) is 11.6 Å². The predicted octanol–water partition coefficient (Wildman–Crippen LogP) is 2.52. The monoisotopic (exact) mass is 276 g/mol. The van der Waals surface area contributed by atoms with Crippen LogP contribution in [0.2, 0.25) is 0 Å². The first-order valence-electron chi connectivity index (χ1n) is 6.34. The third-order valence-corrected chi connectivity index (χ3v) is 2.70. The maximum Gasteiger partial charge on any atom is 0.167 e. The fraction of sp³-hybridized carbons (Fsp3) is 0.286. The lowest BCUT2D eigenvalue weighted by Gasteiger charge is -2.12. The van der Waals surface area contributed by atoms with Crippen molar-refractivity contribution < 1.29 is 9.13 Å². The van der Waals surface area contributed by atoms with E-state index in [4.69, 9.17) is 10.5 Å². The molecule has 0 aliphatic carbocycles.